The molecule has 5 heteroatoms. The van der Waals surface area contributed by atoms with Crippen molar-refractivity contribution < 1.29 is 4.79 Å². The topological polar surface area (TPSA) is 44.4 Å². The summed E-state index contributed by atoms with van der Waals surface area (Å²) >= 11 is 1.76. The van der Waals surface area contributed by atoms with E-state index in [9.17, 15) is 4.79 Å². The van der Waals surface area contributed by atoms with Gasteiger partial charge in [0, 0.05) is 23.8 Å². The van der Waals surface area contributed by atoms with Gasteiger partial charge in [0.05, 0.1) is 0 Å². The number of amides is 2. The van der Waals surface area contributed by atoms with Crippen LogP contribution in [0.25, 0.3) is 10.1 Å². The van der Waals surface area contributed by atoms with Crippen LogP contribution in [0.3, 0.4) is 0 Å². The molecule has 2 aromatic rings. The van der Waals surface area contributed by atoms with Gasteiger partial charge >= 0.3 is 6.03 Å². The number of rotatable bonds is 8. The minimum atomic E-state index is -0.0801. The zero-order chi connectivity index (χ0) is 16.7. The summed E-state index contributed by atoms with van der Waals surface area (Å²) in [5.74, 6) is 0. The van der Waals surface area contributed by atoms with Gasteiger partial charge in [0.25, 0.3) is 0 Å². The Balaban J connectivity index is 1.73. The number of nitrogens with zero attached hydrogens (tertiary/aromatic N) is 1. The summed E-state index contributed by atoms with van der Waals surface area (Å²) < 4.78 is 1.31. The highest BCUT2D eigenvalue weighted by Crippen LogP contribution is 2.25. The predicted octanol–water partition coefficient (Wildman–Crippen LogP) is 3.47. The van der Waals surface area contributed by atoms with Crippen LogP contribution in [-0.4, -0.2) is 43.2 Å². The van der Waals surface area contributed by atoms with Crippen molar-refractivity contribution in [2.45, 2.75) is 33.2 Å². The molecule has 2 amide bonds. The van der Waals surface area contributed by atoms with E-state index in [1.54, 1.807) is 11.3 Å². The summed E-state index contributed by atoms with van der Waals surface area (Å²) in [5, 5.41) is 9.40. The van der Waals surface area contributed by atoms with E-state index in [1.165, 1.54) is 15.6 Å². The van der Waals surface area contributed by atoms with E-state index in [2.05, 4.69) is 66.0 Å². The average Bonchev–Trinajstić information content (AvgIpc) is 2.97. The SMILES string of the molecule is CCN(CC)C(C)CNC(=O)NCCc1csc2ccccc12. The van der Waals surface area contributed by atoms with E-state index >= 15 is 0 Å². The smallest absolute Gasteiger partial charge is 0.314 e. The highest BCUT2D eigenvalue weighted by atomic mass is 32.1. The molecule has 0 aliphatic heterocycles. The monoisotopic (exact) mass is 333 g/mol. The predicted molar refractivity (Wildman–Crippen MR) is 99.3 cm³/mol. The van der Waals surface area contributed by atoms with Crippen molar-refractivity contribution in [2.24, 2.45) is 0 Å². The molecule has 1 aromatic heterocycles. The molecule has 1 unspecified atom stereocenters. The first-order chi connectivity index (χ1) is 11.2. The van der Waals surface area contributed by atoms with Crippen LogP contribution in [0.5, 0.6) is 0 Å². The second-order valence-corrected chi connectivity index (χ2v) is 6.63. The molecule has 0 saturated heterocycles. The van der Waals surface area contributed by atoms with Gasteiger partial charge < -0.3 is 10.6 Å². The Kier molecular flexibility index (Phi) is 6.86. The lowest BCUT2D eigenvalue weighted by molar-refractivity contribution is 0.215. The van der Waals surface area contributed by atoms with Crippen molar-refractivity contribution in [1.29, 1.82) is 0 Å². The third kappa shape index (κ3) is 4.94. The molecule has 2 N–H and O–H groups in total. The Morgan fingerprint density at radius 2 is 1.96 bits per heavy atom. The first kappa shape index (κ1) is 17.8. The number of fused-ring (bicyclic) bond motifs is 1. The van der Waals surface area contributed by atoms with Crippen LogP contribution >= 0.6 is 11.3 Å². The highest BCUT2D eigenvalue weighted by molar-refractivity contribution is 7.17. The van der Waals surface area contributed by atoms with Crippen LogP contribution in [-0.2, 0) is 6.42 Å². The maximum atomic E-state index is 11.9. The lowest BCUT2D eigenvalue weighted by Crippen LogP contribution is -2.45. The number of benzene rings is 1. The van der Waals surface area contributed by atoms with E-state index in [-0.39, 0.29) is 6.03 Å². The van der Waals surface area contributed by atoms with Gasteiger partial charge in [-0.1, -0.05) is 32.0 Å². The van der Waals surface area contributed by atoms with E-state index in [0.29, 0.717) is 19.1 Å². The Morgan fingerprint density at radius 1 is 1.22 bits per heavy atom. The molecular formula is C18H27N3OS. The van der Waals surface area contributed by atoms with E-state index < -0.39 is 0 Å². The Morgan fingerprint density at radius 3 is 2.70 bits per heavy atom. The highest BCUT2D eigenvalue weighted by Gasteiger charge is 2.11. The fraction of sp³-hybridized carbons (Fsp3) is 0.500. The van der Waals surface area contributed by atoms with Gasteiger partial charge in [-0.2, -0.15) is 0 Å². The lowest BCUT2D eigenvalue weighted by atomic mass is 10.1. The molecule has 0 radical (unpaired) electrons. The van der Waals surface area contributed by atoms with Crippen molar-refractivity contribution in [3.05, 3.63) is 35.2 Å². The number of likely N-dealkylation sites (N-methyl/N-ethyl adjacent to an activating group) is 1. The number of carbonyl (C=O) groups excluding carboxylic acids is 1. The number of carbonyl (C=O) groups is 1. The van der Waals surface area contributed by atoms with Gasteiger partial charge in [-0.15, -0.1) is 11.3 Å². The Labute approximate surface area is 142 Å². The molecule has 0 fully saturated rings. The van der Waals surface area contributed by atoms with Crippen LogP contribution in [0, 0.1) is 0 Å². The molecule has 1 heterocycles. The van der Waals surface area contributed by atoms with Crippen LogP contribution < -0.4 is 10.6 Å². The van der Waals surface area contributed by atoms with Crippen molar-refractivity contribution in [1.82, 2.24) is 15.5 Å². The third-order valence-corrected chi connectivity index (χ3v) is 5.25. The fourth-order valence-electron chi connectivity index (χ4n) is 2.82. The summed E-state index contributed by atoms with van der Waals surface area (Å²) in [6.45, 7) is 9.78. The van der Waals surface area contributed by atoms with E-state index in [0.717, 1.165) is 19.5 Å². The minimum Gasteiger partial charge on any atom is -0.338 e. The van der Waals surface area contributed by atoms with Crippen LogP contribution in [0.1, 0.15) is 26.3 Å². The van der Waals surface area contributed by atoms with E-state index in [4.69, 9.17) is 0 Å². The quantitative estimate of drug-likeness (QED) is 0.777. The van der Waals surface area contributed by atoms with Crippen LogP contribution in [0.4, 0.5) is 4.79 Å². The van der Waals surface area contributed by atoms with Crippen molar-refractivity contribution in [3.8, 4) is 0 Å². The van der Waals surface area contributed by atoms with Gasteiger partial charge in [-0.25, -0.2) is 4.79 Å². The third-order valence-electron chi connectivity index (χ3n) is 4.23. The Bertz CT molecular complexity index is 622. The molecule has 0 aliphatic carbocycles. The minimum absolute atomic E-state index is 0.0801. The lowest BCUT2D eigenvalue weighted by Gasteiger charge is -2.26. The molecule has 0 spiro atoms. The zero-order valence-corrected chi connectivity index (χ0v) is 15.1. The van der Waals surface area contributed by atoms with Crippen molar-refractivity contribution in [2.75, 3.05) is 26.2 Å². The Hall–Kier alpha value is -1.59. The number of hydrogen-bond donors (Lipinski definition) is 2. The van der Waals surface area contributed by atoms with Crippen LogP contribution in [0.15, 0.2) is 29.6 Å². The molecule has 4 nitrogen and oxygen atoms in total. The van der Waals surface area contributed by atoms with Crippen molar-refractivity contribution in [3.63, 3.8) is 0 Å². The molecule has 126 valence electrons. The largest absolute Gasteiger partial charge is 0.338 e. The normalized spacial score (nSPS) is 12.5. The first-order valence-electron chi connectivity index (χ1n) is 8.36. The maximum absolute atomic E-state index is 11.9. The van der Waals surface area contributed by atoms with E-state index in [1.807, 2.05) is 0 Å². The molecular weight excluding hydrogens is 306 g/mol. The second kappa shape index (κ2) is 8.89. The van der Waals surface area contributed by atoms with Crippen LogP contribution in [0.2, 0.25) is 0 Å². The summed E-state index contributed by atoms with van der Waals surface area (Å²) in [5.41, 5.74) is 1.31. The molecule has 0 aliphatic rings. The molecule has 0 saturated carbocycles. The molecule has 1 atom stereocenters. The van der Waals surface area contributed by atoms with Gasteiger partial charge in [-0.05, 0) is 48.8 Å². The molecule has 0 bridgehead atoms. The summed E-state index contributed by atoms with van der Waals surface area (Å²) in [6.07, 6.45) is 0.864. The number of hydrogen-bond acceptors (Lipinski definition) is 3. The van der Waals surface area contributed by atoms with Crippen molar-refractivity contribution >= 4 is 27.5 Å². The average molecular weight is 334 g/mol. The maximum Gasteiger partial charge on any atom is 0.314 e. The van der Waals surface area contributed by atoms with Gasteiger partial charge in [0.15, 0.2) is 0 Å². The van der Waals surface area contributed by atoms with Gasteiger partial charge in [0.1, 0.15) is 0 Å². The zero-order valence-electron chi connectivity index (χ0n) is 14.3. The summed E-state index contributed by atoms with van der Waals surface area (Å²) in [7, 11) is 0. The summed E-state index contributed by atoms with van der Waals surface area (Å²) in [4.78, 5) is 14.2. The van der Waals surface area contributed by atoms with Gasteiger partial charge in [0.2, 0.25) is 0 Å². The first-order valence-corrected chi connectivity index (χ1v) is 9.24. The second-order valence-electron chi connectivity index (χ2n) is 5.71. The molecule has 23 heavy (non-hydrogen) atoms. The summed E-state index contributed by atoms with van der Waals surface area (Å²) in [6, 6.07) is 8.68. The molecule has 1 aromatic carbocycles. The number of urea groups is 1. The number of nitrogens with one attached hydrogen (secondary N) is 2. The number of thiophene rings is 1. The fourth-order valence-corrected chi connectivity index (χ4v) is 3.81. The molecule has 2 rings (SSSR count). The standard InChI is InChI=1S/C18H27N3OS/c1-4-21(5-2)14(3)12-20-18(22)19-11-10-15-13-23-17-9-7-6-8-16(15)17/h6-9,13-14H,4-5,10-12H2,1-3H3,(H2,19,20,22). The van der Waals surface area contributed by atoms with Gasteiger partial charge in [-0.3, -0.25) is 4.90 Å².